The normalized spacial score (nSPS) is 22.5. The zero-order valence-corrected chi connectivity index (χ0v) is 13.7. The molecule has 2 N–H and O–H groups in total. The lowest BCUT2D eigenvalue weighted by atomic mass is 10.0. The summed E-state index contributed by atoms with van der Waals surface area (Å²) in [5.41, 5.74) is 0.711. The van der Waals surface area contributed by atoms with Crippen LogP contribution in [0.15, 0.2) is 41.8 Å². The molecule has 2 heterocycles. The summed E-state index contributed by atoms with van der Waals surface area (Å²) in [6, 6.07) is 8.50. The Morgan fingerprint density at radius 2 is 2.08 bits per heavy atom. The van der Waals surface area contributed by atoms with Gasteiger partial charge in [-0.2, -0.15) is 0 Å². The second kappa shape index (κ2) is 6.56. The van der Waals surface area contributed by atoms with Gasteiger partial charge in [0.1, 0.15) is 17.2 Å². The number of methoxy groups -OCH3 is 1. The SMILES string of the molecule is COC1=C(C(=O)O)N2C(=O)C(NC(=O)Cc3ccccc3)[C@H]2SC1. The molecule has 7 nitrogen and oxygen atoms in total. The van der Waals surface area contributed by atoms with E-state index in [2.05, 4.69) is 5.32 Å². The van der Waals surface area contributed by atoms with Crippen molar-refractivity contribution in [1.82, 2.24) is 10.2 Å². The smallest absolute Gasteiger partial charge is 0.356 e. The Kier molecular flexibility index (Phi) is 4.48. The molecule has 1 fully saturated rings. The lowest BCUT2D eigenvalue weighted by molar-refractivity contribution is -0.151. The largest absolute Gasteiger partial charge is 0.498 e. The number of benzene rings is 1. The third-order valence-corrected chi connectivity index (χ3v) is 5.16. The van der Waals surface area contributed by atoms with Gasteiger partial charge in [-0.1, -0.05) is 30.3 Å². The summed E-state index contributed by atoms with van der Waals surface area (Å²) in [6.45, 7) is 0. The van der Waals surface area contributed by atoms with Crippen molar-refractivity contribution < 1.29 is 24.2 Å². The van der Waals surface area contributed by atoms with Crippen LogP contribution in [0.2, 0.25) is 0 Å². The van der Waals surface area contributed by atoms with Crippen LogP contribution < -0.4 is 5.32 Å². The highest BCUT2D eigenvalue weighted by Gasteiger charge is 2.54. The minimum absolute atomic E-state index is 0.139. The standard InChI is InChI=1S/C16H16N2O5S/c1-23-10-8-24-15-12(14(20)18(15)13(10)16(21)22)17-11(19)7-9-5-3-2-4-6-9/h2-6,12,15H,7-8H2,1H3,(H,17,19)(H,21,22)/t12?,15-/m1/s1. The molecule has 2 atom stereocenters. The molecule has 0 aliphatic carbocycles. The fraction of sp³-hybridized carbons (Fsp3) is 0.312. The quantitative estimate of drug-likeness (QED) is 0.756. The second-order valence-corrected chi connectivity index (χ2v) is 6.50. The van der Waals surface area contributed by atoms with Gasteiger partial charge in [0.05, 0.1) is 19.3 Å². The van der Waals surface area contributed by atoms with Crippen LogP contribution >= 0.6 is 11.8 Å². The fourth-order valence-electron chi connectivity index (χ4n) is 2.75. The molecule has 1 saturated heterocycles. The van der Waals surface area contributed by atoms with E-state index in [-0.39, 0.29) is 23.8 Å². The van der Waals surface area contributed by atoms with Crippen LogP contribution in [0.4, 0.5) is 0 Å². The van der Waals surface area contributed by atoms with Crippen molar-refractivity contribution in [2.24, 2.45) is 0 Å². The van der Waals surface area contributed by atoms with Crippen molar-refractivity contribution >= 4 is 29.5 Å². The van der Waals surface area contributed by atoms with Crippen LogP contribution in [0.3, 0.4) is 0 Å². The van der Waals surface area contributed by atoms with Crippen LogP contribution in [-0.2, 0) is 25.5 Å². The molecule has 0 spiro atoms. The molecule has 2 aliphatic rings. The third kappa shape index (κ3) is 2.84. The Labute approximate surface area is 142 Å². The van der Waals surface area contributed by atoms with Crippen LogP contribution in [-0.4, -0.2) is 52.1 Å². The van der Waals surface area contributed by atoms with Crippen molar-refractivity contribution in [2.75, 3.05) is 12.9 Å². The van der Waals surface area contributed by atoms with Crippen molar-refractivity contribution in [2.45, 2.75) is 17.8 Å². The number of β-lactam (4-membered cyclic amide) rings is 1. The van der Waals surface area contributed by atoms with Crippen LogP contribution in [0.1, 0.15) is 5.56 Å². The highest BCUT2D eigenvalue weighted by Crippen LogP contribution is 2.40. The minimum Gasteiger partial charge on any atom is -0.498 e. The van der Waals surface area contributed by atoms with Gasteiger partial charge in [-0.25, -0.2) is 4.79 Å². The number of aliphatic carboxylic acids is 1. The first-order valence-corrected chi connectivity index (χ1v) is 8.36. The van der Waals surface area contributed by atoms with Gasteiger partial charge in [-0.15, -0.1) is 11.8 Å². The Morgan fingerprint density at radius 3 is 2.71 bits per heavy atom. The summed E-state index contributed by atoms with van der Waals surface area (Å²) in [5, 5.41) is 11.6. The van der Waals surface area contributed by atoms with E-state index in [4.69, 9.17) is 4.74 Å². The lowest BCUT2D eigenvalue weighted by Crippen LogP contribution is -2.70. The van der Waals surface area contributed by atoms with Gasteiger partial charge in [-0.3, -0.25) is 14.5 Å². The first-order valence-electron chi connectivity index (χ1n) is 7.31. The van der Waals surface area contributed by atoms with Gasteiger partial charge >= 0.3 is 5.97 Å². The number of amides is 2. The average molecular weight is 348 g/mol. The number of fused-ring (bicyclic) bond motifs is 1. The maximum Gasteiger partial charge on any atom is 0.356 e. The van der Waals surface area contributed by atoms with Crippen LogP contribution in [0, 0.1) is 0 Å². The van der Waals surface area contributed by atoms with Gasteiger partial charge in [0.25, 0.3) is 5.91 Å². The average Bonchev–Trinajstić information content (AvgIpc) is 2.58. The predicted octanol–water partition coefficient (Wildman–Crippen LogP) is 0.572. The summed E-state index contributed by atoms with van der Waals surface area (Å²) < 4.78 is 5.06. The Balaban J connectivity index is 1.69. The van der Waals surface area contributed by atoms with Gasteiger partial charge in [0, 0.05) is 0 Å². The van der Waals surface area contributed by atoms with E-state index in [1.165, 1.54) is 23.8 Å². The van der Waals surface area contributed by atoms with E-state index in [1.807, 2.05) is 30.3 Å². The number of rotatable bonds is 5. The fourth-order valence-corrected chi connectivity index (χ4v) is 4.06. The van der Waals surface area contributed by atoms with Crippen molar-refractivity contribution in [3.8, 4) is 0 Å². The van der Waals surface area contributed by atoms with E-state index in [0.29, 0.717) is 5.75 Å². The number of hydrogen-bond donors (Lipinski definition) is 2. The Hall–Kier alpha value is -2.48. The topological polar surface area (TPSA) is 95.9 Å². The highest BCUT2D eigenvalue weighted by molar-refractivity contribution is 8.00. The molecule has 1 aromatic carbocycles. The van der Waals surface area contributed by atoms with Crippen molar-refractivity contribution in [3.63, 3.8) is 0 Å². The zero-order valence-electron chi connectivity index (χ0n) is 12.9. The summed E-state index contributed by atoms with van der Waals surface area (Å²) in [4.78, 5) is 37.0. The molecule has 3 rings (SSSR count). The first kappa shape index (κ1) is 16.4. The minimum atomic E-state index is -1.21. The maximum absolute atomic E-state index is 12.3. The first-order chi connectivity index (χ1) is 11.5. The van der Waals surface area contributed by atoms with Gasteiger partial charge in [0.15, 0.2) is 5.70 Å². The predicted molar refractivity (Wildman–Crippen MR) is 86.8 cm³/mol. The molecule has 1 aromatic rings. The molecular formula is C16H16N2O5S. The maximum atomic E-state index is 12.3. The number of carboxylic acid groups (broad SMARTS) is 1. The molecule has 8 heteroatoms. The number of carbonyl (C=O) groups is 3. The molecular weight excluding hydrogens is 332 g/mol. The number of nitrogens with zero attached hydrogens (tertiary/aromatic N) is 1. The van der Waals surface area contributed by atoms with E-state index in [0.717, 1.165) is 5.56 Å². The van der Waals surface area contributed by atoms with Crippen molar-refractivity contribution in [3.05, 3.63) is 47.4 Å². The summed E-state index contributed by atoms with van der Waals surface area (Å²) in [5.74, 6) is -1.30. The molecule has 0 radical (unpaired) electrons. The molecule has 1 unspecified atom stereocenters. The summed E-state index contributed by atoms with van der Waals surface area (Å²) >= 11 is 1.37. The molecule has 0 bridgehead atoms. The van der Waals surface area contributed by atoms with E-state index >= 15 is 0 Å². The number of thioether (sulfide) groups is 1. The summed E-state index contributed by atoms with van der Waals surface area (Å²) in [6.07, 6.45) is 0.174. The number of ether oxygens (including phenoxy) is 1. The number of nitrogens with one attached hydrogen (secondary N) is 1. The Morgan fingerprint density at radius 1 is 1.38 bits per heavy atom. The molecule has 126 valence electrons. The highest BCUT2D eigenvalue weighted by atomic mass is 32.2. The third-order valence-electron chi connectivity index (χ3n) is 3.91. The second-order valence-electron chi connectivity index (χ2n) is 5.40. The van der Waals surface area contributed by atoms with Gasteiger partial charge in [-0.05, 0) is 5.56 Å². The number of hydrogen-bond acceptors (Lipinski definition) is 5. The van der Waals surface area contributed by atoms with E-state index in [1.54, 1.807) is 0 Å². The molecule has 2 amide bonds. The number of carbonyl (C=O) groups excluding carboxylic acids is 2. The zero-order chi connectivity index (χ0) is 17.3. The van der Waals surface area contributed by atoms with E-state index in [9.17, 15) is 19.5 Å². The molecule has 0 saturated carbocycles. The molecule has 2 aliphatic heterocycles. The van der Waals surface area contributed by atoms with Gasteiger partial charge in [0.2, 0.25) is 5.91 Å². The van der Waals surface area contributed by atoms with Crippen LogP contribution in [0.5, 0.6) is 0 Å². The Bertz CT molecular complexity index is 718. The van der Waals surface area contributed by atoms with E-state index < -0.39 is 23.3 Å². The molecule has 24 heavy (non-hydrogen) atoms. The van der Waals surface area contributed by atoms with Crippen molar-refractivity contribution in [1.29, 1.82) is 0 Å². The molecule has 0 aromatic heterocycles. The monoisotopic (exact) mass is 348 g/mol. The summed E-state index contributed by atoms with van der Waals surface area (Å²) in [7, 11) is 1.38. The van der Waals surface area contributed by atoms with Crippen LogP contribution in [0.25, 0.3) is 0 Å². The lowest BCUT2D eigenvalue weighted by Gasteiger charge is -2.48. The number of carboxylic acids is 1. The van der Waals surface area contributed by atoms with Gasteiger partial charge < -0.3 is 15.2 Å².